The van der Waals surface area contributed by atoms with Crippen molar-refractivity contribution in [2.24, 2.45) is 0 Å². The number of nitrogens with one attached hydrogen (secondary N) is 1. The van der Waals surface area contributed by atoms with Gasteiger partial charge in [-0.1, -0.05) is 29.0 Å². The quantitative estimate of drug-likeness (QED) is 0.810. The molecule has 0 fully saturated rings. The van der Waals surface area contributed by atoms with Gasteiger partial charge in [0.05, 0.1) is 17.7 Å². The molecular weight excluding hydrogens is 352 g/mol. The van der Waals surface area contributed by atoms with Crippen LogP contribution in [0, 0.1) is 13.8 Å². The largest absolute Gasteiger partial charge is 0.465 e. The van der Waals surface area contributed by atoms with Gasteiger partial charge in [-0.05, 0) is 26.0 Å². The predicted molar refractivity (Wildman–Crippen MR) is 90.1 cm³/mol. The maximum absolute atomic E-state index is 12.2. The molecule has 0 aliphatic carbocycles. The van der Waals surface area contributed by atoms with Crippen molar-refractivity contribution in [1.29, 1.82) is 0 Å². The molecule has 0 bridgehead atoms. The first-order chi connectivity index (χ1) is 11.2. The van der Waals surface area contributed by atoms with E-state index in [0.717, 1.165) is 16.9 Å². The minimum Gasteiger partial charge on any atom is -0.465 e. The molecule has 0 atom stereocenters. The van der Waals surface area contributed by atoms with E-state index in [1.807, 2.05) is 6.92 Å². The van der Waals surface area contributed by atoms with Gasteiger partial charge in [0.25, 0.3) is 0 Å². The highest BCUT2D eigenvalue weighted by Gasteiger charge is 2.21. The molecule has 0 saturated carbocycles. The lowest BCUT2D eigenvalue weighted by Gasteiger charge is -2.05. The molecule has 0 unspecified atom stereocenters. The van der Waals surface area contributed by atoms with Crippen molar-refractivity contribution in [1.82, 2.24) is 4.98 Å². The molecule has 7 nitrogen and oxygen atoms in total. The van der Waals surface area contributed by atoms with E-state index in [2.05, 4.69) is 15.0 Å². The molecule has 2 aromatic rings. The Balaban J connectivity index is 2.10. The Morgan fingerprint density at radius 3 is 2.42 bits per heavy atom. The molecule has 1 heterocycles. The predicted octanol–water partition coefficient (Wildman–Crippen LogP) is 1.96. The summed E-state index contributed by atoms with van der Waals surface area (Å²) in [6.07, 6.45) is 0. The molecule has 1 aromatic heterocycles. The number of esters is 1. The van der Waals surface area contributed by atoms with E-state index in [1.54, 1.807) is 19.1 Å². The molecule has 0 aliphatic heterocycles. The monoisotopic (exact) mass is 368 g/mol. The van der Waals surface area contributed by atoms with E-state index < -0.39 is 27.5 Å². The first-order valence-electron chi connectivity index (χ1n) is 6.88. The zero-order valence-electron chi connectivity index (χ0n) is 13.3. The van der Waals surface area contributed by atoms with Gasteiger partial charge in [-0.25, -0.2) is 18.2 Å². The fraction of sp³-hybridized carbons (Fsp3) is 0.267. The van der Waals surface area contributed by atoms with E-state index in [-0.39, 0.29) is 14.9 Å². The summed E-state index contributed by atoms with van der Waals surface area (Å²) in [5.41, 5.74) is 1.33. The maximum atomic E-state index is 12.2. The molecule has 1 amide bonds. The number of hydrogen-bond donors (Lipinski definition) is 1. The molecule has 0 saturated heterocycles. The number of ether oxygens (including phenoxy) is 1. The third-order valence-corrected chi connectivity index (χ3v) is 5.80. The number of anilines is 1. The summed E-state index contributed by atoms with van der Waals surface area (Å²) in [5, 5.41) is 2.55. The molecule has 9 heteroatoms. The number of aryl methyl sites for hydroxylation is 2. The molecule has 128 valence electrons. The van der Waals surface area contributed by atoms with Crippen LogP contribution in [0.4, 0.5) is 5.13 Å². The lowest BCUT2D eigenvalue weighted by atomic mass is 10.2. The lowest BCUT2D eigenvalue weighted by Crippen LogP contribution is -2.23. The van der Waals surface area contributed by atoms with Gasteiger partial charge in [0.15, 0.2) is 15.0 Å². The van der Waals surface area contributed by atoms with Crippen molar-refractivity contribution in [3.05, 3.63) is 40.4 Å². The Morgan fingerprint density at radius 2 is 1.83 bits per heavy atom. The van der Waals surface area contributed by atoms with Gasteiger partial charge in [-0.15, -0.1) is 0 Å². The standard InChI is InChI=1S/C15H16N2O5S2/c1-9-4-6-11(7-5-9)24(20,21)8-12(18)17-15-16-10(2)13(23-15)14(19)22-3/h4-7H,8H2,1-3H3,(H,16,17,18). The highest BCUT2D eigenvalue weighted by molar-refractivity contribution is 7.92. The van der Waals surface area contributed by atoms with Crippen LogP contribution in [-0.2, 0) is 19.4 Å². The third kappa shape index (κ3) is 4.18. The van der Waals surface area contributed by atoms with Crippen LogP contribution in [0.5, 0.6) is 0 Å². The number of sulfone groups is 1. The van der Waals surface area contributed by atoms with Gasteiger partial charge in [0, 0.05) is 0 Å². The van der Waals surface area contributed by atoms with Crippen molar-refractivity contribution in [3.8, 4) is 0 Å². The molecule has 2 rings (SSSR count). The number of aromatic nitrogens is 1. The second-order valence-corrected chi connectivity index (χ2v) is 8.03. The fourth-order valence-corrected chi connectivity index (χ4v) is 3.92. The number of carbonyl (C=O) groups excluding carboxylic acids is 2. The number of benzene rings is 1. The van der Waals surface area contributed by atoms with E-state index in [9.17, 15) is 18.0 Å². The number of methoxy groups -OCH3 is 1. The normalized spacial score (nSPS) is 11.1. The van der Waals surface area contributed by atoms with Gasteiger partial charge in [-0.3, -0.25) is 4.79 Å². The van der Waals surface area contributed by atoms with Crippen molar-refractivity contribution < 1.29 is 22.7 Å². The minimum absolute atomic E-state index is 0.0776. The summed E-state index contributed by atoms with van der Waals surface area (Å²) in [6, 6.07) is 6.25. The summed E-state index contributed by atoms with van der Waals surface area (Å²) >= 11 is 0.932. The van der Waals surface area contributed by atoms with Crippen LogP contribution in [0.1, 0.15) is 20.9 Å². The summed E-state index contributed by atoms with van der Waals surface area (Å²) < 4.78 is 29.0. The maximum Gasteiger partial charge on any atom is 0.350 e. The first-order valence-corrected chi connectivity index (χ1v) is 9.35. The minimum atomic E-state index is -3.75. The fourth-order valence-electron chi connectivity index (χ4n) is 1.89. The van der Waals surface area contributed by atoms with Crippen molar-refractivity contribution in [2.45, 2.75) is 18.7 Å². The van der Waals surface area contributed by atoms with Crippen LogP contribution in [0.2, 0.25) is 0 Å². The second kappa shape index (κ2) is 7.10. The van der Waals surface area contributed by atoms with Crippen molar-refractivity contribution in [2.75, 3.05) is 18.2 Å². The summed E-state index contributed by atoms with van der Waals surface area (Å²) in [6.45, 7) is 3.44. The van der Waals surface area contributed by atoms with Crippen LogP contribution in [0.15, 0.2) is 29.2 Å². The molecule has 1 N–H and O–H groups in total. The molecule has 0 aliphatic rings. The average Bonchev–Trinajstić information content (AvgIpc) is 2.86. The average molecular weight is 368 g/mol. The number of rotatable bonds is 5. The van der Waals surface area contributed by atoms with E-state index >= 15 is 0 Å². The molecule has 0 spiro atoms. The number of hydrogen-bond acceptors (Lipinski definition) is 7. The van der Waals surface area contributed by atoms with Gasteiger partial charge < -0.3 is 10.1 Å². The van der Waals surface area contributed by atoms with E-state index in [1.165, 1.54) is 19.2 Å². The van der Waals surface area contributed by atoms with Crippen LogP contribution >= 0.6 is 11.3 Å². The van der Waals surface area contributed by atoms with Crippen LogP contribution in [0.3, 0.4) is 0 Å². The van der Waals surface area contributed by atoms with E-state index in [4.69, 9.17) is 0 Å². The van der Waals surface area contributed by atoms with Crippen LogP contribution in [0.25, 0.3) is 0 Å². The van der Waals surface area contributed by atoms with Crippen molar-refractivity contribution in [3.63, 3.8) is 0 Å². The van der Waals surface area contributed by atoms with Crippen LogP contribution in [-0.4, -0.2) is 38.1 Å². The Morgan fingerprint density at radius 1 is 1.21 bits per heavy atom. The number of nitrogens with zero attached hydrogens (tertiary/aromatic N) is 1. The highest BCUT2D eigenvalue weighted by atomic mass is 32.2. The number of amides is 1. The summed E-state index contributed by atoms with van der Waals surface area (Å²) in [5.74, 6) is -1.99. The third-order valence-electron chi connectivity index (χ3n) is 3.11. The zero-order valence-corrected chi connectivity index (χ0v) is 15.0. The topological polar surface area (TPSA) is 102 Å². The Hall–Kier alpha value is -2.26. The van der Waals surface area contributed by atoms with Crippen LogP contribution < -0.4 is 5.32 Å². The second-order valence-electron chi connectivity index (χ2n) is 5.05. The number of thiazole rings is 1. The Kier molecular flexibility index (Phi) is 5.35. The molecular formula is C15H16N2O5S2. The van der Waals surface area contributed by atoms with E-state index in [0.29, 0.717) is 5.69 Å². The molecule has 24 heavy (non-hydrogen) atoms. The van der Waals surface area contributed by atoms with Gasteiger partial charge >= 0.3 is 5.97 Å². The highest BCUT2D eigenvalue weighted by Crippen LogP contribution is 2.23. The molecule has 0 radical (unpaired) electrons. The molecule has 1 aromatic carbocycles. The van der Waals surface area contributed by atoms with Crippen molar-refractivity contribution >= 4 is 38.2 Å². The smallest absolute Gasteiger partial charge is 0.350 e. The van der Waals surface area contributed by atoms with Gasteiger partial charge in [-0.2, -0.15) is 0 Å². The van der Waals surface area contributed by atoms with Gasteiger partial charge in [0.2, 0.25) is 5.91 Å². The summed E-state index contributed by atoms with van der Waals surface area (Å²) in [7, 11) is -2.50. The lowest BCUT2D eigenvalue weighted by molar-refractivity contribution is -0.113. The Labute approximate surface area is 143 Å². The number of carbonyl (C=O) groups is 2. The zero-order chi connectivity index (χ0) is 17.9. The Bertz CT molecular complexity index is 870. The summed E-state index contributed by atoms with van der Waals surface area (Å²) in [4.78, 5) is 27.9. The van der Waals surface area contributed by atoms with Gasteiger partial charge in [0.1, 0.15) is 10.6 Å². The SMILES string of the molecule is COC(=O)c1sc(NC(=O)CS(=O)(=O)c2ccc(C)cc2)nc1C. The first kappa shape index (κ1) is 18.1.